The number of phenols is 1. The Hall–Kier alpha value is -0.780. The van der Waals surface area contributed by atoms with Gasteiger partial charge in [-0.25, -0.2) is 0 Å². The van der Waals surface area contributed by atoms with Gasteiger partial charge in [0.15, 0.2) is 11.5 Å². The van der Waals surface area contributed by atoms with Crippen LogP contribution in [0, 0.1) is 0 Å². The summed E-state index contributed by atoms with van der Waals surface area (Å²) in [6.45, 7) is 6.44. The first-order chi connectivity index (χ1) is 10.2. The highest BCUT2D eigenvalue weighted by Crippen LogP contribution is 2.39. The second kappa shape index (κ2) is 8.01. The van der Waals surface area contributed by atoms with E-state index in [1.165, 1.54) is 18.4 Å². The van der Waals surface area contributed by atoms with Crippen LogP contribution < -0.4 is 10.1 Å². The van der Waals surface area contributed by atoms with Gasteiger partial charge in [0.05, 0.1) is 11.6 Å². The normalized spacial score (nSPS) is 17.7. The van der Waals surface area contributed by atoms with Crippen molar-refractivity contribution in [3.8, 4) is 11.5 Å². The number of phenolic OH excluding ortho intramolecular Hbond substituents is 1. The predicted octanol–water partition coefficient (Wildman–Crippen LogP) is 3.30. The molecule has 0 aliphatic carbocycles. The first-order valence-electron chi connectivity index (χ1n) is 7.68. The zero-order valence-corrected chi connectivity index (χ0v) is 14.4. The second-order valence-corrected chi connectivity index (χ2v) is 6.35. The summed E-state index contributed by atoms with van der Waals surface area (Å²) in [5.74, 6) is 0.715. The largest absolute Gasteiger partial charge is 0.503 e. The fourth-order valence-corrected chi connectivity index (χ4v) is 3.35. The van der Waals surface area contributed by atoms with E-state index in [9.17, 15) is 5.11 Å². The summed E-state index contributed by atoms with van der Waals surface area (Å²) >= 11 is 3.44. The maximum absolute atomic E-state index is 9.99. The lowest BCUT2D eigenvalue weighted by Crippen LogP contribution is -2.45. The molecule has 0 saturated carbocycles. The van der Waals surface area contributed by atoms with Gasteiger partial charge in [-0.1, -0.05) is 19.8 Å². The van der Waals surface area contributed by atoms with Crippen molar-refractivity contribution in [1.82, 2.24) is 10.2 Å². The van der Waals surface area contributed by atoms with Gasteiger partial charge in [0.25, 0.3) is 0 Å². The van der Waals surface area contributed by atoms with Gasteiger partial charge in [-0.05, 0) is 40.0 Å². The Morgan fingerprint density at radius 1 is 1.38 bits per heavy atom. The lowest BCUT2D eigenvalue weighted by Gasteiger charge is -2.35. The van der Waals surface area contributed by atoms with E-state index in [2.05, 4.69) is 33.1 Å². The van der Waals surface area contributed by atoms with Crippen LogP contribution in [0.5, 0.6) is 11.5 Å². The van der Waals surface area contributed by atoms with Gasteiger partial charge in [0, 0.05) is 32.2 Å². The highest BCUT2D eigenvalue weighted by atomic mass is 79.9. The van der Waals surface area contributed by atoms with Crippen molar-refractivity contribution in [1.29, 1.82) is 0 Å². The third kappa shape index (κ3) is 4.11. The summed E-state index contributed by atoms with van der Waals surface area (Å²) in [6.07, 6.45) is 3.53. The highest BCUT2D eigenvalue weighted by Gasteiger charge is 2.23. The van der Waals surface area contributed by atoms with Crippen molar-refractivity contribution >= 4 is 15.9 Å². The Balaban J connectivity index is 2.28. The van der Waals surface area contributed by atoms with Crippen LogP contribution in [0.1, 0.15) is 37.8 Å². The maximum atomic E-state index is 9.99. The van der Waals surface area contributed by atoms with Crippen LogP contribution in [0.4, 0.5) is 0 Å². The van der Waals surface area contributed by atoms with Crippen LogP contribution in [-0.4, -0.2) is 43.3 Å². The van der Waals surface area contributed by atoms with E-state index < -0.39 is 0 Å². The van der Waals surface area contributed by atoms with Crippen molar-refractivity contribution < 1.29 is 9.84 Å². The Kier molecular flexibility index (Phi) is 6.33. The Morgan fingerprint density at radius 3 is 2.71 bits per heavy atom. The van der Waals surface area contributed by atoms with E-state index in [4.69, 9.17) is 4.74 Å². The number of hydrogen-bond donors (Lipinski definition) is 2. The molecule has 1 saturated heterocycles. The number of aromatic hydroxyl groups is 1. The number of nitrogens with one attached hydrogen (secondary N) is 1. The van der Waals surface area contributed by atoms with Crippen molar-refractivity contribution in [2.45, 2.75) is 32.2 Å². The van der Waals surface area contributed by atoms with Gasteiger partial charge in [-0.15, -0.1) is 0 Å². The lowest BCUT2D eigenvalue weighted by atomic mass is 9.98. The van der Waals surface area contributed by atoms with Crippen molar-refractivity contribution in [3.63, 3.8) is 0 Å². The molecule has 1 aromatic rings. The standard InChI is InChI=1S/C16H25BrN2O2/c1-3-4-5-14(19-8-6-18-7-9-19)12-10-13(17)16(20)15(11-12)21-2/h10-11,14,18,20H,3-9H2,1-2H3/t14-/m1/s1. The SMILES string of the molecule is CCCC[C@H](c1cc(Br)c(O)c(OC)c1)N1CCNCC1. The van der Waals surface area contributed by atoms with Crippen molar-refractivity contribution in [3.05, 3.63) is 22.2 Å². The third-order valence-electron chi connectivity index (χ3n) is 4.08. The Bertz CT molecular complexity index is 462. The molecule has 1 aliphatic heterocycles. The summed E-state index contributed by atoms with van der Waals surface area (Å²) in [7, 11) is 1.59. The van der Waals surface area contributed by atoms with Gasteiger partial charge in [-0.2, -0.15) is 0 Å². The van der Waals surface area contributed by atoms with Gasteiger partial charge in [0.2, 0.25) is 0 Å². The number of ether oxygens (including phenoxy) is 1. The van der Waals surface area contributed by atoms with E-state index in [0.29, 0.717) is 16.3 Å². The van der Waals surface area contributed by atoms with E-state index in [1.807, 2.05) is 12.1 Å². The molecule has 118 valence electrons. The number of benzene rings is 1. The fourth-order valence-electron chi connectivity index (χ4n) is 2.89. The first-order valence-corrected chi connectivity index (χ1v) is 8.47. The summed E-state index contributed by atoms with van der Waals surface area (Å²) < 4.78 is 6.00. The minimum atomic E-state index is 0.177. The highest BCUT2D eigenvalue weighted by molar-refractivity contribution is 9.10. The molecule has 0 amide bonds. The molecule has 0 unspecified atom stereocenters. The minimum absolute atomic E-state index is 0.177. The lowest BCUT2D eigenvalue weighted by molar-refractivity contribution is 0.163. The third-order valence-corrected chi connectivity index (χ3v) is 4.68. The summed E-state index contributed by atoms with van der Waals surface area (Å²) in [5, 5.41) is 13.4. The monoisotopic (exact) mass is 356 g/mol. The predicted molar refractivity (Wildman–Crippen MR) is 89.1 cm³/mol. The average Bonchev–Trinajstić information content (AvgIpc) is 2.52. The molecule has 1 aliphatic rings. The van der Waals surface area contributed by atoms with Crippen LogP contribution in [0.3, 0.4) is 0 Å². The summed E-state index contributed by atoms with van der Waals surface area (Å²) in [5.41, 5.74) is 1.21. The molecule has 1 fully saturated rings. The molecule has 0 radical (unpaired) electrons. The Labute approximate surface area is 135 Å². The van der Waals surface area contributed by atoms with Crippen LogP contribution in [-0.2, 0) is 0 Å². The van der Waals surface area contributed by atoms with Gasteiger partial charge in [0.1, 0.15) is 0 Å². The van der Waals surface area contributed by atoms with Gasteiger partial charge < -0.3 is 15.2 Å². The number of nitrogens with zero attached hydrogens (tertiary/aromatic N) is 1. The molecule has 0 aromatic heterocycles. The molecule has 0 spiro atoms. The van der Waals surface area contributed by atoms with E-state index in [0.717, 1.165) is 32.6 Å². The number of halogens is 1. The number of hydrogen-bond acceptors (Lipinski definition) is 4. The van der Waals surface area contributed by atoms with E-state index in [-0.39, 0.29) is 5.75 Å². The molecular formula is C16H25BrN2O2. The average molecular weight is 357 g/mol. The molecule has 1 heterocycles. The molecule has 1 atom stereocenters. The minimum Gasteiger partial charge on any atom is -0.503 e. The molecular weight excluding hydrogens is 332 g/mol. The molecule has 2 N–H and O–H groups in total. The number of rotatable bonds is 6. The van der Waals surface area contributed by atoms with Gasteiger partial charge in [-0.3, -0.25) is 4.90 Å². The molecule has 5 heteroatoms. The van der Waals surface area contributed by atoms with E-state index >= 15 is 0 Å². The first kappa shape index (κ1) is 16.6. The Morgan fingerprint density at radius 2 is 2.10 bits per heavy atom. The van der Waals surface area contributed by atoms with Crippen LogP contribution in [0.2, 0.25) is 0 Å². The fraction of sp³-hybridized carbons (Fsp3) is 0.625. The second-order valence-electron chi connectivity index (χ2n) is 5.50. The topological polar surface area (TPSA) is 44.7 Å². The molecule has 2 rings (SSSR count). The maximum Gasteiger partial charge on any atom is 0.172 e. The van der Waals surface area contributed by atoms with Crippen LogP contribution in [0.15, 0.2) is 16.6 Å². The summed E-state index contributed by atoms with van der Waals surface area (Å²) in [6, 6.07) is 4.39. The van der Waals surface area contributed by atoms with Crippen molar-refractivity contribution in [2.24, 2.45) is 0 Å². The number of piperazine rings is 1. The molecule has 4 nitrogen and oxygen atoms in total. The zero-order valence-electron chi connectivity index (χ0n) is 12.9. The van der Waals surface area contributed by atoms with Gasteiger partial charge >= 0.3 is 0 Å². The van der Waals surface area contributed by atoms with Crippen LogP contribution in [0.25, 0.3) is 0 Å². The number of unbranched alkanes of at least 4 members (excludes halogenated alkanes) is 1. The molecule has 21 heavy (non-hydrogen) atoms. The molecule has 1 aromatic carbocycles. The van der Waals surface area contributed by atoms with Crippen molar-refractivity contribution in [2.75, 3.05) is 33.3 Å². The smallest absolute Gasteiger partial charge is 0.172 e. The quantitative estimate of drug-likeness (QED) is 0.820. The number of methoxy groups -OCH3 is 1. The zero-order chi connectivity index (χ0) is 15.2. The van der Waals surface area contributed by atoms with Crippen LogP contribution >= 0.6 is 15.9 Å². The summed E-state index contributed by atoms with van der Waals surface area (Å²) in [4.78, 5) is 2.53. The molecule has 0 bridgehead atoms. The van der Waals surface area contributed by atoms with E-state index in [1.54, 1.807) is 7.11 Å².